The van der Waals surface area contributed by atoms with Crippen LogP contribution in [0.3, 0.4) is 0 Å². The van der Waals surface area contributed by atoms with E-state index in [1.807, 2.05) is 18.2 Å². The minimum atomic E-state index is -1.09. The van der Waals surface area contributed by atoms with Gasteiger partial charge in [0.05, 0.1) is 18.2 Å². The van der Waals surface area contributed by atoms with E-state index in [0.29, 0.717) is 12.1 Å². The van der Waals surface area contributed by atoms with Crippen LogP contribution in [0, 0.1) is 11.6 Å². The van der Waals surface area contributed by atoms with Crippen LogP contribution in [0.25, 0.3) is 0 Å². The lowest BCUT2D eigenvalue weighted by atomic mass is 10.00. The lowest BCUT2D eigenvalue weighted by Gasteiger charge is -2.26. The van der Waals surface area contributed by atoms with Gasteiger partial charge < -0.3 is 21.5 Å². The molecule has 0 aromatic heterocycles. The number of nitrogens with two attached hydrogens (primary N) is 1. The number of amides is 1. The normalized spacial score (nSPS) is 15.0. The number of aliphatic hydroxyl groups excluding tert-OH is 1. The Morgan fingerprint density at radius 1 is 1.12 bits per heavy atom. The van der Waals surface area contributed by atoms with Crippen LogP contribution < -0.4 is 16.4 Å². The van der Waals surface area contributed by atoms with E-state index in [1.54, 1.807) is 0 Å². The highest BCUT2D eigenvalue weighted by Gasteiger charge is 2.25. The maximum atomic E-state index is 13.6. The number of carbonyl (C=O) groups is 1. The fraction of sp³-hybridized carbons (Fsp3) is 0.458. The lowest BCUT2D eigenvalue weighted by molar-refractivity contribution is -0.123. The fourth-order valence-corrected chi connectivity index (χ4v) is 4.03. The summed E-state index contributed by atoms with van der Waals surface area (Å²) in [6.45, 7) is 2.73. The molecule has 0 aliphatic rings. The van der Waals surface area contributed by atoms with Crippen LogP contribution in [0.15, 0.2) is 42.5 Å². The number of carbonyl (C=O) groups excluding carboxylic acids is 1. The minimum Gasteiger partial charge on any atom is -0.390 e. The molecule has 4 atom stereocenters. The van der Waals surface area contributed by atoms with Crippen LogP contribution in [-0.4, -0.2) is 52.0 Å². The van der Waals surface area contributed by atoms with Gasteiger partial charge in [-0.3, -0.25) is 9.00 Å². The van der Waals surface area contributed by atoms with Crippen molar-refractivity contribution in [2.24, 2.45) is 5.73 Å². The van der Waals surface area contributed by atoms with Crippen molar-refractivity contribution in [1.29, 1.82) is 0 Å². The Balaban J connectivity index is 2.05. The van der Waals surface area contributed by atoms with Crippen molar-refractivity contribution in [3.63, 3.8) is 0 Å². The molecule has 9 heteroatoms. The van der Waals surface area contributed by atoms with Crippen LogP contribution in [0.5, 0.6) is 0 Å². The molecule has 0 bridgehead atoms. The Hall–Kier alpha value is -2.20. The third kappa shape index (κ3) is 9.67. The van der Waals surface area contributed by atoms with Crippen LogP contribution in [0.1, 0.15) is 30.0 Å². The van der Waals surface area contributed by atoms with Crippen molar-refractivity contribution in [3.05, 3.63) is 70.8 Å². The van der Waals surface area contributed by atoms with E-state index in [-0.39, 0.29) is 25.1 Å². The van der Waals surface area contributed by atoms with Crippen molar-refractivity contribution in [1.82, 2.24) is 10.6 Å². The summed E-state index contributed by atoms with van der Waals surface area (Å²) in [5.74, 6) is -1.71. The van der Waals surface area contributed by atoms with Crippen molar-refractivity contribution >= 4 is 16.7 Å². The molecule has 5 N–H and O–H groups in total. The number of benzene rings is 2. The summed E-state index contributed by atoms with van der Waals surface area (Å²) in [5, 5.41) is 16.6. The molecule has 0 aliphatic heterocycles. The average Bonchev–Trinajstić information content (AvgIpc) is 2.76. The molecular weight excluding hydrogens is 448 g/mol. The van der Waals surface area contributed by atoms with E-state index < -0.39 is 46.5 Å². The van der Waals surface area contributed by atoms with Gasteiger partial charge in [0.25, 0.3) is 0 Å². The molecule has 2 rings (SSSR count). The molecule has 6 nitrogen and oxygen atoms in total. The first-order valence-electron chi connectivity index (χ1n) is 11.0. The van der Waals surface area contributed by atoms with E-state index >= 15 is 0 Å². The van der Waals surface area contributed by atoms with Gasteiger partial charge in [-0.05, 0) is 48.1 Å². The second-order valence-corrected chi connectivity index (χ2v) is 9.70. The molecule has 1 unspecified atom stereocenters. The Bertz CT molecular complexity index is 925. The molecule has 33 heavy (non-hydrogen) atoms. The molecular formula is C24H33F2N3O3S. The van der Waals surface area contributed by atoms with Crippen molar-refractivity contribution in [2.75, 3.05) is 18.6 Å². The van der Waals surface area contributed by atoms with E-state index in [1.165, 1.54) is 24.0 Å². The minimum absolute atomic E-state index is 0.0149. The summed E-state index contributed by atoms with van der Waals surface area (Å²) in [6, 6.07) is 9.42. The molecule has 0 saturated heterocycles. The van der Waals surface area contributed by atoms with Gasteiger partial charge in [-0.15, -0.1) is 0 Å². The van der Waals surface area contributed by atoms with Gasteiger partial charge >= 0.3 is 0 Å². The van der Waals surface area contributed by atoms with Gasteiger partial charge in [0, 0.05) is 42.0 Å². The highest BCUT2D eigenvalue weighted by atomic mass is 32.2. The quantitative estimate of drug-likeness (QED) is 0.349. The zero-order chi connectivity index (χ0) is 24.4. The largest absolute Gasteiger partial charge is 0.390 e. The first-order valence-corrected chi connectivity index (χ1v) is 12.7. The molecule has 1 amide bonds. The second-order valence-electron chi connectivity index (χ2n) is 8.14. The Kier molecular flexibility index (Phi) is 11.1. The lowest BCUT2D eigenvalue weighted by Crippen LogP contribution is -2.53. The molecule has 0 aliphatic carbocycles. The topological polar surface area (TPSA) is 104 Å². The third-order valence-corrected chi connectivity index (χ3v) is 6.12. The number of rotatable bonds is 13. The summed E-state index contributed by atoms with van der Waals surface area (Å²) >= 11 is 0. The predicted octanol–water partition coefficient (Wildman–Crippen LogP) is 1.80. The predicted molar refractivity (Wildman–Crippen MR) is 127 cm³/mol. The van der Waals surface area contributed by atoms with E-state index in [4.69, 9.17) is 5.73 Å². The first-order chi connectivity index (χ1) is 15.7. The number of halogens is 2. The molecule has 0 fully saturated rings. The van der Waals surface area contributed by atoms with Crippen molar-refractivity contribution < 1.29 is 22.9 Å². The van der Waals surface area contributed by atoms with Gasteiger partial charge in [-0.2, -0.15) is 0 Å². The van der Waals surface area contributed by atoms with Gasteiger partial charge in [0.2, 0.25) is 5.91 Å². The maximum Gasteiger partial charge on any atom is 0.237 e. The number of nitrogens with one attached hydrogen (secondary N) is 2. The number of aliphatic hydroxyl groups is 1. The molecule has 0 radical (unpaired) electrons. The first kappa shape index (κ1) is 27.0. The molecule has 0 heterocycles. The van der Waals surface area contributed by atoms with E-state index in [0.717, 1.165) is 18.1 Å². The fourth-order valence-electron chi connectivity index (χ4n) is 3.45. The van der Waals surface area contributed by atoms with Crippen LogP contribution in [-0.2, 0) is 35.0 Å². The van der Waals surface area contributed by atoms with Crippen LogP contribution in [0.4, 0.5) is 8.78 Å². The molecule has 0 saturated carbocycles. The van der Waals surface area contributed by atoms with Crippen LogP contribution >= 0.6 is 0 Å². The smallest absolute Gasteiger partial charge is 0.237 e. The van der Waals surface area contributed by atoms with Crippen LogP contribution in [0.2, 0.25) is 0 Å². The summed E-state index contributed by atoms with van der Waals surface area (Å²) in [6.07, 6.45) is 1.64. The van der Waals surface area contributed by atoms with Gasteiger partial charge in [-0.25, -0.2) is 8.78 Å². The number of hydrogen-bond donors (Lipinski definition) is 4. The average molecular weight is 482 g/mol. The Morgan fingerprint density at radius 2 is 1.79 bits per heavy atom. The monoisotopic (exact) mass is 481 g/mol. The number of hydrogen-bond acceptors (Lipinski definition) is 5. The maximum absolute atomic E-state index is 13.6. The van der Waals surface area contributed by atoms with Crippen molar-refractivity contribution in [3.8, 4) is 0 Å². The SMILES string of the molecule is CCc1cccc(CNC[C@H](O)[C@H](Cc2cc(F)cc(F)c2)NC(=O)[C@H](N)CCS(C)=O)c1. The zero-order valence-electron chi connectivity index (χ0n) is 19.0. The standard InChI is InChI=1S/C24H33F2N3O3S/c1-3-16-5-4-6-17(9-16)14-28-15-23(30)22(12-18-10-19(25)13-20(26)11-18)29-24(31)21(27)7-8-33(2)32/h4-6,9-11,13,21-23,28,30H,3,7-8,12,14-15,27H2,1-2H3,(H,29,31)/t21-,22+,23+,33?/m1/s1. The number of aryl methyl sites for hydroxylation is 1. The Labute approximate surface area is 196 Å². The molecule has 2 aromatic rings. The van der Waals surface area contributed by atoms with Crippen molar-refractivity contribution in [2.45, 2.75) is 50.9 Å². The molecule has 0 spiro atoms. The van der Waals surface area contributed by atoms with Gasteiger partial charge in [-0.1, -0.05) is 31.2 Å². The highest BCUT2D eigenvalue weighted by Crippen LogP contribution is 2.13. The summed E-state index contributed by atoms with van der Waals surface area (Å²) in [4.78, 5) is 12.5. The molecule has 2 aromatic carbocycles. The summed E-state index contributed by atoms with van der Waals surface area (Å²) in [5.41, 5.74) is 8.46. The summed E-state index contributed by atoms with van der Waals surface area (Å²) < 4.78 is 38.6. The molecule has 182 valence electrons. The van der Waals surface area contributed by atoms with Gasteiger partial charge in [0.1, 0.15) is 11.6 Å². The van der Waals surface area contributed by atoms with E-state index in [9.17, 15) is 22.9 Å². The second kappa shape index (κ2) is 13.5. The van der Waals surface area contributed by atoms with E-state index in [2.05, 4.69) is 23.6 Å². The highest BCUT2D eigenvalue weighted by molar-refractivity contribution is 7.84. The Morgan fingerprint density at radius 3 is 2.42 bits per heavy atom. The third-order valence-electron chi connectivity index (χ3n) is 5.31. The zero-order valence-corrected chi connectivity index (χ0v) is 19.8. The summed E-state index contributed by atoms with van der Waals surface area (Å²) in [7, 11) is -1.09. The van der Waals surface area contributed by atoms with Gasteiger partial charge in [0.15, 0.2) is 0 Å².